The molecular weight excluding hydrogens is 374 g/mol. The third kappa shape index (κ3) is 4.61. The highest BCUT2D eigenvalue weighted by Crippen LogP contribution is 2.36. The molecule has 1 atom stereocenters. The van der Waals surface area contributed by atoms with Crippen molar-refractivity contribution in [2.45, 2.75) is 16.9 Å². The fourth-order valence-corrected chi connectivity index (χ4v) is 4.04. The Kier molecular flexibility index (Phi) is 6.04. The second-order valence-corrected chi connectivity index (χ2v) is 7.53. The molecular formula is C21H21N3O3S. The van der Waals surface area contributed by atoms with E-state index >= 15 is 0 Å². The molecule has 1 aromatic heterocycles. The van der Waals surface area contributed by atoms with E-state index in [1.54, 1.807) is 0 Å². The average Bonchev–Trinajstić information content (AvgIpc) is 3.20. The van der Waals surface area contributed by atoms with Gasteiger partial charge in [-0.3, -0.25) is 4.79 Å². The predicted octanol–water partition coefficient (Wildman–Crippen LogP) is 3.35. The molecule has 1 unspecified atom stereocenters. The van der Waals surface area contributed by atoms with Crippen LogP contribution in [-0.4, -0.2) is 47.3 Å². The van der Waals surface area contributed by atoms with Crippen molar-refractivity contribution in [1.29, 1.82) is 0 Å². The van der Waals surface area contributed by atoms with E-state index < -0.39 is 5.25 Å². The van der Waals surface area contributed by atoms with Crippen LogP contribution in [0.5, 0.6) is 0 Å². The van der Waals surface area contributed by atoms with E-state index in [9.17, 15) is 4.79 Å². The molecule has 0 spiro atoms. The van der Waals surface area contributed by atoms with Gasteiger partial charge in [0.05, 0.1) is 19.6 Å². The fraction of sp³-hybridized carbons (Fsp3) is 0.286. The highest BCUT2D eigenvalue weighted by atomic mass is 32.2. The number of aromatic nitrogens is 2. The van der Waals surface area contributed by atoms with Crippen LogP contribution in [0.15, 0.2) is 70.3 Å². The van der Waals surface area contributed by atoms with Gasteiger partial charge < -0.3 is 14.1 Å². The quantitative estimate of drug-likeness (QED) is 0.596. The molecule has 0 aliphatic carbocycles. The maximum absolute atomic E-state index is 13.2. The predicted molar refractivity (Wildman–Crippen MR) is 106 cm³/mol. The molecule has 6 nitrogen and oxygen atoms in total. The van der Waals surface area contributed by atoms with Crippen molar-refractivity contribution in [2.24, 2.45) is 0 Å². The summed E-state index contributed by atoms with van der Waals surface area (Å²) in [5, 5.41) is 8.28. The molecule has 1 amide bonds. The average molecular weight is 395 g/mol. The summed E-state index contributed by atoms with van der Waals surface area (Å²) in [6.07, 6.45) is 0.571. The van der Waals surface area contributed by atoms with Gasteiger partial charge in [-0.1, -0.05) is 60.7 Å². The van der Waals surface area contributed by atoms with E-state index in [2.05, 4.69) is 10.2 Å². The van der Waals surface area contributed by atoms with Gasteiger partial charge in [-0.2, -0.15) is 0 Å². The van der Waals surface area contributed by atoms with Crippen molar-refractivity contribution in [3.05, 3.63) is 77.7 Å². The van der Waals surface area contributed by atoms with Crippen LogP contribution in [0.1, 0.15) is 22.3 Å². The van der Waals surface area contributed by atoms with E-state index in [4.69, 9.17) is 9.15 Å². The van der Waals surface area contributed by atoms with Gasteiger partial charge in [0, 0.05) is 13.1 Å². The van der Waals surface area contributed by atoms with Crippen LogP contribution in [0.3, 0.4) is 0 Å². The molecule has 144 valence electrons. The zero-order valence-electron chi connectivity index (χ0n) is 15.4. The minimum atomic E-state index is -0.427. The van der Waals surface area contributed by atoms with E-state index in [1.165, 1.54) is 11.8 Å². The van der Waals surface area contributed by atoms with Gasteiger partial charge in [0.25, 0.3) is 5.22 Å². The molecule has 2 aromatic carbocycles. The Morgan fingerprint density at radius 3 is 2.39 bits per heavy atom. The van der Waals surface area contributed by atoms with Crippen LogP contribution in [0, 0.1) is 0 Å². The molecule has 0 N–H and O–H groups in total. The molecule has 1 fully saturated rings. The fourth-order valence-electron chi connectivity index (χ4n) is 3.07. The van der Waals surface area contributed by atoms with Gasteiger partial charge in [-0.25, -0.2) is 0 Å². The standard InChI is InChI=1S/C21H21N3O3S/c25-20(24-11-13-26-14-12-24)19(17-9-5-2-6-10-17)28-21-23-22-18(27-21)15-16-7-3-1-4-8-16/h1-10,19H,11-15H2. The summed E-state index contributed by atoms with van der Waals surface area (Å²) in [5.74, 6) is 0.585. The second kappa shape index (κ2) is 9.03. The lowest BCUT2D eigenvalue weighted by Gasteiger charge is -2.29. The Hall–Kier alpha value is -2.64. The molecule has 7 heteroatoms. The maximum Gasteiger partial charge on any atom is 0.277 e. The van der Waals surface area contributed by atoms with Crippen LogP contribution in [0.4, 0.5) is 0 Å². The van der Waals surface area contributed by atoms with Crippen LogP contribution < -0.4 is 0 Å². The number of morpholine rings is 1. The first-order valence-electron chi connectivity index (χ1n) is 9.24. The zero-order chi connectivity index (χ0) is 19.2. The largest absolute Gasteiger partial charge is 0.416 e. The number of hydrogen-bond acceptors (Lipinski definition) is 6. The first-order valence-corrected chi connectivity index (χ1v) is 10.1. The van der Waals surface area contributed by atoms with E-state index in [0.29, 0.717) is 43.8 Å². The number of carbonyl (C=O) groups excluding carboxylic acids is 1. The number of benzene rings is 2. The van der Waals surface area contributed by atoms with Crippen LogP contribution in [0.2, 0.25) is 0 Å². The van der Waals surface area contributed by atoms with Crippen LogP contribution in [0.25, 0.3) is 0 Å². The zero-order valence-corrected chi connectivity index (χ0v) is 16.2. The molecule has 2 heterocycles. The highest BCUT2D eigenvalue weighted by molar-refractivity contribution is 8.00. The van der Waals surface area contributed by atoms with Gasteiger partial charge in [-0.05, 0) is 22.9 Å². The smallest absolute Gasteiger partial charge is 0.277 e. The summed E-state index contributed by atoms with van der Waals surface area (Å²) in [7, 11) is 0. The number of nitrogens with zero attached hydrogens (tertiary/aromatic N) is 3. The Labute approximate surface area is 167 Å². The molecule has 0 saturated carbocycles. The van der Waals surface area contributed by atoms with Crippen LogP contribution in [-0.2, 0) is 16.0 Å². The molecule has 28 heavy (non-hydrogen) atoms. The number of amides is 1. The molecule has 1 saturated heterocycles. The lowest BCUT2D eigenvalue weighted by atomic mass is 10.1. The van der Waals surface area contributed by atoms with Crippen LogP contribution >= 0.6 is 11.8 Å². The summed E-state index contributed by atoms with van der Waals surface area (Å²) < 4.78 is 11.2. The van der Waals surface area contributed by atoms with Crippen molar-refractivity contribution in [1.82, 2.24) is 15.1 Å². The lowest BCUT2D eigenvalue weighted by molar-refractivity contribution is -0.134. The number of ether oxygens (including phenoxy) is 1. The maximum atomic E-state index is 13.2. The SMILES string of the molecule is O=C(C(Sc1nnc(Cc2ccccc2)o1)c1ccccc1)N1CCOCC1. The third-order valence-corrected chi connectivity index (χ3v) is 5.59. The van der Waals surface area contributed by atoms with Crippen molar-refractivity contribution < 1.29 is 13.9 Å². The van der Waals surface area contributed by atoms with Gasteiger partial charge >= 0.3 is 0 Å². The molecule has 0 radical (unpaired) electrons. The molecule has 1 aliphatic rings. The highest BCUT2D eigenvalue weighted by Gasteiger charge is 2.30. The summed E-state index contributed by atoms with van der Waals surface area (Å²) in [5.41, 5.74) is 2.03. The van der Waals surface area contributed by atoms with Crippen molar-refractivity contribution in [2.75, 3.05) is 26.3 Å². The second-order valence-electron chi connectivity index (χ2n) is 6.47. The summed E-state index contributed by atoms with van der Waals surface area (Å²) in [4.78, 5) is 15.0. The van der Waals surface area contributed by atoms with E-state index in [-0.39, 0.29) is 5.91 Å². The Morgan fingerprint density at radius 2 is 1.68 bits per heavy atom. The first-order chi connectivity index (χ1) is 13.8. The number of hydrogen-bond donors (Lipinski definition) is 0. The minimum absolute atomic E-state index is 0.0438. The number of rotatable bonds is 6. The van der Waals surface area contributed by atoms with Crippen molar-refractivity contribution in [3.8, 4) is 0 Å². The number of carbonyl (C=O) groups is 1. The summed E-state index contributed by atoms with van der Waals surface area (Å²) in [6.45, 7) is 2.34. The summed E-state index contributed by atoms with van der Waals surface area (Å²) >= 11 is 1.30. The monoisotopic (exact) mass is 395 g/mol. The van der Waals surface area contributed by atoms with Crippen molar-refractivity contribution >= 4 is 17.7 Å². The van der Waals surface area contributed by atoms with Gasteiger partial charge in [-0.15, -0.1) is 10.2 Å². The number of thioether (sulfide) groups is 1. The van der Waals surface area contributed by atoms with E-state index in [1.807, 2.05) is 65.6 Å². The normalized spacial score (nSPS) is 15.4. The van der Waals surface area contributed by atoms with Gasteiger partial charge in [0.2, 0.25) is 11.8 Å². The molecule has 4 rings (SSSR count). The van der Waals surface area contributed by atoms with Crippen molar-refractivity contribution in [3.63, 3.8) is 0 Å². The Morgan fingerprint density at radius 1 is 1.00 bits per heavy atom. The lowest BCUT2D eigenvalue weighted by Crippen LogP contribution is -2.42. The topological polar surface area (TPSA) is 68.5 Å². The Bertz CT molecular complexity index is 896. The molecule has 3 aromatic rings. The van der Waals surface area contributed by atoms with Gasteiger partial charge in [0.15, 0.2) is 0 Å². The Balaban J connectivity index is 1.52. The van der Waals surface area contributed by atoms with Gasteiger partial charge in [0.1, 0.15) is 5.25 Å². The first kappa shape index (κ1) is 18.7. The van der Waals surface area contributed by atoms with E-state index in [0.717, 1.165) is 11.1 Å². The third-order valence-electron chi connectivity index (χ3n) is 4.51. The minimum Gasteiger partial charge on any atom is -0.416 e. The molecule has 0 bridgehead atoms. The molecule has 1 aliphatic heterocycles. The summed E-state index contributed by atoms with van der Waals surface area (Å²) in [6, 6.07) is 19.7.